The number of hydrogen-bond donors (Lipinski definition) is 1. The van der Waals surface area contributed by atoms with Gasteiger partial charge in [0.25, 0.3) is 0 Å². The van der Waals surface area contributed by atoms with Crippen molar-refractivity contribution in [1.29, 1.82) is 0 Å². The molecule has 0 unspecified atom stereocenters. The molecule has 0 bridgehead atoms. The molecule has 0 spiro atoms. The summed E-state index contributed by atoms with van der Waals surface area (Å²) in [7, 11) is 0. The van der Waals surface area contributed by atoms with Crippen molar-refractivity contribution >= 4 is 5.97 Å². The lowest BCUT2D eigenvalue weighted by Crippen LogP contribution is -2.35. The van der Waals surface area contributed by atoms with Crippen molar-refractivity contribution in [2.75, 3.05) is 13.2 Å². The Morgan fingerprint density at radius 1 is 1.04 bits per heavy atom. The first-order chi connectivity index (χ1) is 11.9. The molecule has 0 heterocycles. The summed E-state index contributed by atoms with van der Waals surface area (Å²) in [6.45, 7) is 8.28. The van der Waals surface area contributed by atoms with E-state index in [1.807, 2.05) is 27.7 Å². The predicted molar refractivity (Wildman–Crippen MR) is 88.6 cm³/mol. The van der Waals surface area contributed by atoms with Gasteiger partial charge in [0.1, 0.15) is 0 Å². The van der Waals surface area contributed by atoms with Crippen molar-refractivity contribution < 1.29 is 31.8 Å². The molecule has 0 amide bonds. The van der Waals surface area contributed by atoms with E-state index in [9.17, 15) is 22.4 Å². The zero-order chi connectivity index (χ0) is 20.1. The van der Waals surface area contributed by atoms with Gasteiger partial charge in [0, 0.05) is 25.6 Å². The first-order valence-electron chi connectivity index (χ1n) is 8.26. The van der Waals surface area contributed by atoms with Crippen LogP contribution >= 0.6 is 0 Å². The van der Waals surface area contributed by atoms with Crippen molar-refractivity contribution in [3.8, 4) is 5.75 Å². The molecule has 26 heavy (non-hydrogen) atoms. The highest BCUT2D eigenvalue weighted by Crippen LogP contribution is 2.30. The van der Waals surface area contributed by atoms with Gasteiger partial charge in [-0.05, 0) is 32.1 Å². The van der Waals surface area contributed by atoms with Gasteiger partial charge in [-0.15, -0.1) is 0 Å². The molecule has 0 radical (unpaired) electrons. The van der Waals surface area contributed by atoms with Crippen LogP contribution in [0.25, 0.3) is 0 Å². The Labute approximate surface area is 150 Å². The first kappa shape index (κ1) is 22.4. The fourth-order valence-electron chi connectivity index (χ4n) is 2.03. The Kier molecular flexibility index (Phi) is 7.58. The van der Waals surface area contributed by atoms with Gasteiger partial charge in [0.2, 0.25) is 17.4 Å². The highest BCUT2D eigenvalue weighted by molar-refractivity contribution is 5.72. The smallest absolute Gasteiger partial charge is 0.311 e. The van der Waals surface area contributed by atoms with Crippen LogP contribution in [0, 0.1) is 28.7 Å². The second-order valence-corrected chi connectivity index (χ2v) is 7.50. The van der Waals surface area contributed by atoms with E-state index in [4.69, 9.17) is 10.5 Å². The molecule has 0 aromatic heterocycles. The van der Waals surface area contributed by atoms with E-state index >= 15 is 0 Å². The van der Waals surface area contributed by atoms with Gasteiger partial charge in [-0.2, -0.15) is 8.78 Å². The van der Waals surface area contributed by atoms with Crippen LogP contribution in [0.2, 0.25) is 0 Å². The second kappa shape index (κ2) is 8.81. The van der Waals surface area contributed by atoms with Crippen LogP contribution in [0.15, 0.2) is 6.07 Å². The molecule has 0 aliphatic rings. The minimum Gasteiger partial charge on any atom is -0.420 e. The number of carbonyl (C=O) groups is 1. The number of halogens is 4. The summed E-state index contributed by atoms with van der Waals surface area (Å²) in [6.07, 6.45) is 0.768. The van der Waals surface area contributed by atoms with Gasteiger partial charge < -0.3 is 15.2 Å². The molecule has 0 aliphatic carbocycles. The zero-order valence-corrected chi connectivity index (χ0v) is 15.4. The number of carbonyl (C=O) groups excluding carboxylic acids is 1. The molecule has 1 rings (SSSR count). The van der Waals surface area contributed by atoms with Crippen molar-refractivity contribution in [2.45, 2.75) is 52.6 Å². The summed E-state index contributed by atoms with van der Waals surface area (Å²) in [4.78, 5) is 11.8. The number of nitrogens with two attached hydrogens (primary N) is 1. The van der Waals surface area contributed by atoms with E-state index in [1.165, 1.54) is 0 Å². The summed E-state index contributed by atoms with van der Waals surface area (Å²) in [5.41, 5.74) is 4.79. The third kappa shape index (κ3) is 6.57. The van der Waals surface area contributed by atoms with Gasteiger partial charge in [0.05, 0.1) is 5.60 Å². The quantitative estimate of drug-likeness (QED) is 0.304. The number of rotatable bonds is 9. The Balaban J connectivity index is 2.59. The van der Waals surface area contributed by atoms with Crippen molar-refractivity contribution in [1.82, 2.24) is 0 Å². The average molecular weight is 379 g/mol. The number of hydrogen-bond acceptors (Lipinski definition) is 4. The van der Waals surface area contributed by atoms with Crippen molar-refractivity contribution in [3.63, 3.8) is 0 Å². The monoisotopic (exact) mass is 379 g/mol. The van der Waals surface area contributed by atoms with Crippen LogP contribution in [-0.4, -0.2) is 24.7 Å². The number of ether oxygens (including phenoxy) is 2. The summed E-state index contributed by atoms with van der Waals surface area (Å²) in [5, 5.41) is 0. The van der Waals surface area contributed by atoms with Crippen LogP contribution in [0.1, 0.15) is 47.0 Å². The van der Waals surface area contributed by atoms with Crippen LogP contribution in [0.4, 0.5) is 17.6 Å². The van der Waals surface area contributed by atoms with Crippen LogP contribution in [0.5, 0.6) is 5.75 Å². The van der Waals surface area contributed by atoms with Crippen LogP contribution in [-0.2, 0) is 9.53 Å². The minimum absolute atomic E-state index is 0.0496. The molecular formula is C18H25F4NO3. The highest BCUT2D eigenvalue weighted by atomic mass is 19.2. The second-order valence-electron chi connectivity index (χ2n) is 7.50. The molecule has 0 aliphatic heterocycles. The summed E-state index contributed by atoms with van der Waals surface area (Å²) in [6, 6.07) is 0.0496. The normalized spacial score (nSPS) is 12.3. The Morgan fingerprint density at radius 2 is 1.58 bits per heavy atom. The fourth-order valence-corrected chi connectivity index (χ4v) is 2.03. The van der Waals surface area contributed by atoms with Crippen LogP contribution in [0.3, 0.4) is 0 Å². The number of benzene rings is 1. The van der Waals surface area contributed by atoms with Gasteiger partial charge in [-0.1, -0.05) is 13.8 Å². The Hall–Kier alpha value is -1.67. The molecule has 1 aromatic rings. The van der Waals surface area contributed by atoms with Gasteiger partial charge in [-0.3, -0.25) is 4.79 Å². The molecule has 0 saturated heterocycles. The molecule has 1 aromatic carbocycles. The summed E-state index contributed by atoms with van der Waals surface area (Å²) in [5.74, 6) is -9.09. The van der Waals surface area contributed by atoms with E-state index in [1.54, 1.807) is 0 Å². The fraction of sp³-hybridized carbons (Fsp3) is 0.611. The number of esters is 1. The Morgan fingerprint density at radius 3 is 2.08 bits per heavy atom. The molecule has 0 fully saturated rings. The Bertz CT molecular complexity index is 622. The average Bonchev–Trinajstić information content (AvgIpc) is 2.55. The van der Waals surface area contributed by atoms with Crippen molar-refractivity contribution in [3.05, 3.63) is 29.3 Å². The maximum atomic E-state index is 13.5. The highest BCUT2D eigenvalue weighted by Gasteiger charge is 2.25. The van der Waals surface area contributed by atoms with E-state index in [0.29, 0.717) is 26.0 Å². The summed E-state index contributed by atoms with van der Waals surface area (Å²) >= 11 is 0. The minimum atomic E-state index is -1.74. The molecule has 4 nitrogen and oxygen atoms in total. The van der Waals surface area contributed by atoms with E-state index in [-0.39, 0.29) is 17.9 Å². The van der Waals surface area contributed by atoms with Crippen LogP contribution < -0.4 is 10.5 Å². The molecule has 148 valence electrons. The third-order valence-electron chi connectivity index (χ3n) is 4.06. The maximum absolute atomic E-state index is 13.5. The molecule has 8 heteroatoms. The topological polar surface area (TPSA) is 61.5 Å². The molecular weight excluding hydrogens is 354 g/mol. The summed E-state index contributed by atoms with van der Waals surface area (Å²) < 4.78 is 63.4. The van der Waals surface area contributed by atoms with Crippen molar-refractivity contribution in [2.24, 2.45) is 11.1 Å². The molecule has 2 N–H and O–H groups in total. The van der Waals surface area contributed by atoms with Gasteiger partial charge in [-0.25, -0.2) is 8.78 Å². The van der Waals surface area contributed by atoms with E-state index in [2.05, 4.69) is 4.74 Å². The lowest BCUT2D eigenvalue weighted by Gasteiger charge is -2.28. The first-order valence-corrected chi connectivity index (χ1v) is 8.26. The van der Waals surface area contributed by atoms with E-state index in [0.717, 1.165) is 0 Å². The van der Waals surface area contributed by atoms with Gasteiger partial charge >= 0.3 is 5.97 Å². The zero-order valence-electron chi connectivity index (χ0n) is 15.4. The lowest BCUT2D eigenvalue weighted by molar-refractivity contribution is -0.135. The largest absolute Gasteiger partial charge is 0.420 e. The van der Waals surface area contributed by atoms with E-state index < -0.39 is 40.6 Å². The standard InChI is InChI=1S/C18H25F4NO3/c1-17(2,7-8-25-18(3,4)10-23)6-5-13(24)26-16-14(21)11(19)9-12(20)15(16)22/h9H,5-8,10,23H2,1-4H3. The third-order valence-corrected chi connectivity index (χ3v) is 4.06. The molecule has 0 saturated carbocycles. The lowest BCUT2D eigenvalue weighted by atomic mass is 9.84. The SMILES string of the molecule is CC(C)(CCOC(C)(C)CN)CCC(=O)Oc1c(F)c(F)cc(F)c1F. The maximum Gasteiger partial charge on any atom is 0.311 e. The molecule has 0 atom stereocenters. The van der Waals surface area contributed by atoms with Gasteiger partial charge in [0.15, 0.2) is 11.6 Å². The predicted octanol–water partition coefficient (Wildman–Crippen LogP) is 4.10.